The Morgan fingerprint density at radius 2 is 1.90 bits per heavy atom. The Morgan fingerprint density at radius 3 is 2.47 bits per heavy atom. The van der Waals surface area contributed by atoms with Crippen LogP contribution in [0.1, 0.15) is 88.6 Å². The first-order valence-electron chi connectivity index (χ1n) is 10.8. The van der Waals surface area contributed by atoms with Crippen molar-refractivity contribution < 1.29 is 23.6 Å². The summed E-state index contributed by atoms with van der Waals surface area (Å²) in [5.41, 5.74) is -0.204. The Balaban J connectivity index is 1.62. The van der Waals surface area contributed by atoms with Crippen molar-refractivity contribution in [3.05, 3.63) is 11.7 Å². The van der Waals surface area contributed by atoms with E-state index in [2.05, 4.69) is 15.5 Å². The molecule has 9 nitrogen and oxygen atoms in total. The first kappa shape index (κ1) is 22.2. The summed E-state index contributed by atoms with van der Waals surface area (Å²) in [6, 6.07) is -0.848. The zero-order chi connectivity index (χ0) is 21.9. The standard InChI is InChI=1S/C21H32N4O5/c1-5-14(16(26)17-23-18(30-24-17)13-8-9-13)22-20(28)29-15(12-21(2,3)4)19(27)25-10-6-7-11-25/h13-15H,5-12H2,1-4H3,(H,22,28). The maximum atomic E-state index is 12.9. The lowest BCUT2D eigenvalue weighted by molar-refractivity contribution is -0.140. The van der Waals surface area contributed by atoms with Crippen molar-refractivity contribution in [1.29, 1.82) is 0 Å². The number of hydrogen-bond acceptors (Lipinski definition) is 7. The normalized spacial score (nSPS) is 18.7. The third kappa shape index (κ3) is 5.79. The van der Waals surface area contributed by atoms with E-state index in [9.17, 15) is 14.4 Å². The molecule has 30 heavy (non-hydrogen) atoms. The molecule has 1 aromatic rings. The number of rotatable bonds is 8. The molecule has 2 aliphatic rings. The van der Waals surface area contributed by atoms with Crippen molar-refractivity contribution in [3.63, 3.8) is 0 Å². The Morgan fingerprint density at radius 1 is 1.23 bits per heavy atom. The Kier molecular flexibility index (Phi) is 6.77. The van der Waals surface area contributed by atoms with Gasteiger partial charge in [0, 0.05) is 19.0 Å². The molecule has 166 valence electrons. The topological polar surface area (TPSA) is 115 Å². The molecular weight excluding hydrogens is 388 g/mol. The summed E-state index contributed by atoms with van der Waals surface area (Å²) >= 11 is 0. The SMILES string of the molecule is CCC(NC(=O)OC(CC(C)(C)C)C(=O)N1CCCC1)C(=O)c1noc(C2CC2)n1. The number of ether oxygens (including phenoxy) is 1. The minimum atomic E-state index is -0.887. The van der Waals surface area contributed by atoms with Gasteiger partial charge in [0.2, 0.25) is 17.5 Å². The molecule has 1 N–H and O–H groups in total. The van der Waals surface area contributed by atoms with Crippen molar-refractivity contribution >= 4 is 17.8 Å². The van der Waals surface area contributed by atoms with Gasteiger partial charge in [-0.15, -0.1) is 0 Å². The van der Waals surface area contributed by atoms with Crippen LogP contribution in [0.3, 0.4) is 0 Å². The first-order chi connectivity index (χ1) is 14.2. The summed E-state index contributed by atoms with van der Waals surface area (Å²) in [7, 11) is 0. The van der Waals surface area contributed by atoms with Crippen molar-refractivity contribution in [2.24, 2.45) is 5.41 Å². The van der Waals surface area contributed by atoms with E-state index in [-0.39, 0.29) is 23.1 Å². The van der Waals surface area contributed by atoms with Crippen LogP contribution in [-0.2, 0) is 9.53 Å². The smallest absolute Gasteiger partial charge is 0.408 e. The molecule has 0 radical (unpaired) electrons. The Labute approximate surface area is 176 Å². The van der Waals surface area contributed by atoms with Crippen LogP contribution in [-0.4, -0.2) is 58.1 Å². The molecule has 0 bridgehead atoms. The highest BCUT2D eigenvalue weighted by Crippen LogP contribution is 2.38. The number of ketones is 1. The van der Waals surface area contributed by atoms with E-state index in [1.807, 2.05) is 20.8 Å². The van der Waals surface area contributed by atoms with Crippen molar-refractivity contribution in [2.45, 2.75) is 84.3 Å². The predicted octanol–water partition coefficient (Wildman–Crippen LogP) is 3.06. The first-order valence-corrected chi connectivity index (χ1v) is 10.8. The van der Waals surface area contributed by atoms with Gasteiger partial charge in [-0.3, -0.25) is 9.59 Å². The number of amides is 2. The molecule has 1 aliphatic carbocycles. The van der Waals surface area contributed by atoms with Gasteiger partial charge >= 0.3 is 6.09 Å². The number of nitrogens with one attached hydrogen (secondary N) is 1. The highest BCUT2D eigenvalue weighted by atomic mass is 16.6. The van der Waals surface area contributed by atoms with Crippen LogP contribution in [0.5, 0.6) is 0 Å². The van der Waals surface area contributed by atoms with E-state index in [0.29, 0.717) is 31.8 Å². The number of carbonyl (C=O) groups is 3. The number of Topliss-reactive ketones (excluding diaryl/α,β-unsaturated/α-hetero) is 1. The molecular formula is C21H32N4O5. The van der Waals surface area contributed by atoms with Gasteiger partial charge in [0.05, 0.1) is 6.04 Å². The van der Waals surface area contributed by atoms with Crippen LogP contribution >= 0.6 is 0 Å². The third-order valence-electron chi connectivity index (χ3n) is 5.35. The third-order valence-corrected chi connectivity index (χ3v) is 5.35. The van der Waals surface area contributed by atoms with E-state index in [1.165, 1.54) is 0 Å². The minimum Gasteiger partial charge on any atom is -0.436 e. The molecule has 2 heterocycles. The van der Waals surface area contributed by atoms with E-state index < -0.39 is 24.0 Å². The number of hydrogen-bond donors (Lipinski definition) is 1. The predicted molar refractivity (Wildman–Crippen MR) is 108 cm³/mol. The fourth-order valence-electron chi connectivity index (χ4n) is 3.52. The van der Waals surface area contributed by atoms with E-state index in [0.717, 1.165) is 25.7 Å². The van der Waals surface area contributed by atoms with Crippen LogP contribution < -0.4 is 5.32 Å². The van der Waals surface area contributed by atoms with Gasteiger partial charge in [0.15, 0.2) is 6.10 Å². The number of carbonyl (C=O) groups excluding carboxylic acids is 3. The fourth-order valence-corrected chi connectivity index (χ4v) is 3.52. The molecule has 2 fully saturated rings. The lowest BCUT2D eigenvalue weighted by Crippen LogP contribution is -2.46. The maximum absolute atomic E-state index is 12.9. The highest BCUT2D eigenvalue weighted by molar-refractivity contribution is 5.98. The molecule has 2 atom stereocenters. The van der Waals surface area contributed by atoms with Crippen LogP contribution in [0.2, 0.25) is 0 Å². The zero-order valence-electron chi connectivity index (χ0n) is 18.3. The maximum Gasteiger partial charge on any atom is 0.408 e. The molecule has 1 saturated carbocycles. The Bertz CT molecular complexity index is 775. The number of nitrogens with zero attached hydrogens (tertiary/aromatic N) is 3. The van der Waals surface area contributed by atoms with Gasteiger partial charge in [-0.2, -0.15) is 4.98 Å². The molecule has 1 saturated heterocycles. The molecule has 1 aliphatic heterocycles. The van der Waals surface area contributed by atoms with Gasteiger partial charge in [-0.1, -0.05) is 32.9 Å². The molecule has 9 heteroatoms. The monoisotopic (exact) mass is 420 g/mol. The summed E-state index contributed by atoms with van der Waals surface area (Å²) in [6.07, 6.45) is 2.95. The second kappa shape index (κ2) is 9.14. The average Bonchev–Trinajstić information content (AvgIpc) is 3.18. The summed E-state index contributed by atoms with van der Waals surface area (Å²) in [6.45, 7) is 9.11. The second-order valence-electron chi connectivity index (χ2n) is 9.39. The molecule has 0 spiro atoms. The summed E-state index contributed by atoms with van der Waals surface area (Å²) < 4.78 is 10.7. The largest absolute Gasteiger partial charge is 0.436 e. The lowest BCUT2D eigenvalue weighted by atomic mass is 9.88. The van der Waals surface area contributed by atoms with E-state index >= 15 is 0 Å². The Hall–Kier alpha value is -2.45. The van der Waals surface area contributed by atoms with Crippen LogP contribution in [0.25, 0.3) is 0 Å². The van der Waals surface area contributed by atoms with Gasteiger partial charge in [0.1, 0.15) is 0 Å². The number of alkyl carbamates (subject to hydrolysis) is 1. The van der Waals surface area contributed by atoms with Gasteiger partial charge in [-0.05, 0) is 43.9 Å². The molecule has 0 aromatic carbocycles. The lowest BCUT2D eigenvalue weighted by Gasteiger charge is -2.28. The fraction of sp³-hybridized carbons (Fsp3) is 0.762. The van der Waals surface area contributed by atoms with Gasteiger partial charge in [0.25, 0.3) is 5.91 Å². The minimum absolute atomic E-state index is 0.0385. The molecule has 3 rings (SSSR count). The summed E-state index contributed by atoms with van der Waals surface area (Å²) in [5.74, 6) is 0.0695. The van der Waals surface area contributed by atoms with Gasteiger partial charge in [-0.25, -0.2) is 4.79 Å². The van der Waals surface area contributed by atoms with Crippen LogP contribution in [0.4, 0.5) is 4.79 Å². The highest BCUT2D eigenvalue weighted by Gasteiger charge is 2.35. The van der Waals surface area contributed by atoms with E-state index in [4.69, 9.17) is 9.26 Å². The zero-order valence-corrected chi connectivity index (χ0v) is 18.3. The van der Waals surface area contributed by atoms with Gasteiger partial charge < -0.3 is 19.5 Å². The number of aromatic nitrogens is 2. The van der Waals surface area contributed by atoms with Crippen molar-refractivity contribution in [3.8, 4) is 0 Å². The van der Waals surface area contributed by atoms with Crippen molar-refractivity contribution in [2.75, 3.05) is 13.1 Å². The number of likely N-dealkylation sites (tertiary alicyclic amines) is 1. The summed E-state index contributed by atoms with van der Waals surface area (Å²) in [5, 5.41) is 6.33. The summed E-state index contributed by atoms with van der Waals surface area (Å²) in [4.78, 5) is 44.0. The quantitative estimate of drug-likeness (QED) is 0.643. The van der Waals surface area contributed by atoms with E-state index in [1.54, 1.807) is 11.8 Å². The molecule has 2 amide bonds. The van der Waals surface area contributed by atoms with Crippen LogP contribution in [0.15, 0.2) is 4.52 Å². The second-order valence-corrected chi connectivity index (χ2v) is 9.39. The molecule has 1 aromatic heterocycles. The van der Waals surface area contributed by atoms with Crippen molar-refractivity contribution in [1.82, 2.24) is 20.4 Å². The molecule has 2 unspecified atom stereocenters. The van der Waals surface area contributed by atoms with Crippen LogP contribution in [0, 0.1) is 5.41 Å². The average molecular weight is 421 g/mol.